The summed E-state index contributed by atoms with van der Waals surface area (Å²) >= 11 is 0. The second-order valence-electron chi connectivity index (χ2n) is 3.67. The number of para-hydroxylation sites is 1. The van der Waals surface area contributed by atoms with Crippen molar-refractivity contribution in [3.05, 3.63) is 30.3 Å². The maximum absolute atomic E-state index is 10.4. The molecule has 0 aromatic heterocycles. The summed E-state index contributed by atoms with van der Waals surface area (Å²) in [6.07, 6.45) is 2.39. The minimum absolute atomic E-state index is 0.164. The fourth-order valence-electron chi connectivity index (χ4n) is 1.49. The van der Waals surface area contributed by atoms with Gasteiger partial charge in [-0.15, -0.1) is 10.6 Å². The van der Waals surface area contributed by atoms with Gasteiger partial charge in [-0.1, -0.05) is 18.2 Å². The van der Waals surface area contributed by atoms with Gasteiger partial charge in [-0.25, -0.2) is 0 Å². The Kier molecular flexibility index (Phi) is 3.56. The van der Waals surface area contributed by atoms with Gasteiger partial charge in [-0.2, -0.15) is 5.12 Å². The summed E-state index contributed by atoms with van der Waals surface area (Å²) in [6.45, 7) is 0.610. The monoisotopic (exact) mass is 234 g/mol. The molecular formula is C11H14N4O2. The summed E-state index contributed by atoms with van der Waals surface area (Å²) < 4.78 is 0. The van der Waals surface area contributed by atoms with Crippen molar-refractivity contribution >= 4 is 18.0 Å². The zero-order chi connectivity index (χ0) is 12.1. The van der Waals surface area contributed by atoms with E-state index in [2.05, 4.69) is 10.6 Å². The molecule has 0 amide bonds. The van der Waals surface area contributed by atoms with Gasteiger partial charge in [0.1, 0.15) is 6.34 Å². The van der Waals surface area contributed by atoms with Crippen LogP contribution in [0.4, 0.5) is 5.69 Å². The lowest BCUT2D eigenvalue weighted by molar-refractivity contribution is -0.137. The molecule has 1 aliphatic heterocycles. The molecule has 1 aromatic rings. The quantitative estimate of drug-likeness (QED) is 0.796. The van der Waals surface area contributed by atoms with Crippen LogP contribution in [0.2, 0.25) is 0 Å². The van der Waals surface area contributed by atoms with Crippen LogP contribution in [0.3, 0.4) is 0 Å². The van der Waals surface area contributed by atoms with E-state index in [1.807, 2.05) is 30.3 Å². The molecule has 1 aromatic carbocycles. The first-order valence-corrected chi connectivity index (χ1v) is 5.40. The fraction of sp³-hybridized carbons (Fsp3) is 0.273. The maximum Gasteiger partial charge on any atom is 0.303 e. The third-order valence-electron chi connectivity index (χ3n) is 2.32. The molecular weight excluding hydrogens is 220 g/mol. The number of hydrogen-bond donors (Lipinski definition) is 2. The van der Waals surface area contributed by atoms with Crippen LogP contribution < -0.4 is 10.7 Å². The Bertz CT molecular complexity index is 407. The number of benzene rings is 1. The molecule has 2 rings (SSSR count). The van der Waals surface area contributed by atoms with Crippen LogP contribution in [-0.2, 0) is 4.79 Å². The Balaban J connectivity index is 1.81. The van der Waals surface area contributed by atoms with Gasteiger partial charge in [0.25, 0.3) is 0 Å². The number of rotatable bonds is 5. The van der Waals surface area contributed by atoms with Crippen molar-refractivity contribution < 1.29 is 9.90 Å². The van der Waals surface area contributed by atoms with Gasteiger partial charge in [0.2, 0.25) is 0 Å². The maximum atomic E-state index is 10.4. The molecule has 0 atom stereocenters. The molecule has 0 aliphatic carbocycles. The molecule has 6 nitrogen and oxygen atoms in total. The highest BCUT2D eigenvalue weighted by Crippen LogP contribution is 2.13. The molecule has 1 aliphatic rings. The molecule has 0 unspecified atom stereocenters. The van der Waals surface area contributed by atoms with Crippen molar-refractivity contribution in [1.29, 1.82) is 0 Å². The summed E-state index contributed by atoms with van der Waals surface area (Å²) in [7, 11) is 0. The van der Waals surface area contributed by atoms with E-state index in [1.165, 1.54) is 0 Å². The summed E-state index contributed by atoms with van der Waals surface area (Å²) in [5, 5.41) is 16.1. The van der Waals surface area contributed by atoms with Gasteiger partial charge >= 0.3 is 5.97 Å². The predicted molar refractivity (Wildman–Crippen MR) is 64.1 cm³/mol. The van der Waals surface area contributed by atoms with Crippen LogP contribution >= 0.6 is 0 Å². The highest BCUT2D eigenvalue weighted by Gasteiger charge is 2.14. The molecule has 6 heteroatoms. The van der Waals surface area contributed by atoms with Crippen molar-refractivity contribution in [1.82, 2.24) is 10.5 Å². The van der Waals surface area contributed by atoms with E-state index in [-0.39, 0.29) is 6.42 Å². The van der Waals surface area contributed by atoms with Crippen molar-refractivity contribution in [2.45, 2.75) is 12.8 Å². The topological polar surface area (TPSA) is 68.2 Å². The lowest BCUT2D eigenvalue weighted by Gasteiger charge is -2.19. The Morgan fingerprint density at radius 2 is 2.12 bits per heavy atom. The number of hydrazone groups is 1. The highest BCUT2D eigenvalue weighted by molar-refractivity contribution is 5.66. The third kappa shape index (κ3) is 3.18. The minimum atomic E-state index is -0.777. The molecule has 17 heavy (non-hydrogen) atoms. The smallest absolute Gasteiger partial charge is 0.303 e. The van der Waals surface area contributed by atoms with Gasteiger partial charge in [0.05, 0.1) is 5.69 Å². The van der Waals surface area contributed by atoms with Crippen LogP contribution in [0.5, 0.6) is 0 Å². The standard InChI is InChI=1S/C11H14N4O2/c16-11(17)7-4-8-14-9-12-15(13-14)10-5-2-1-3-6-10/h1-3,5-6,9,13H,4,7-8H2,(H,16,17). The number of nitrogens with one attached hydrogen (secondary N) is 1. The van der Waals surface area contributed by atoms with Crippen LogP contribution in [0.15, 0.2) is 35.4 Å². The van der Waals surface area contributed by atoms with Gasteiger partial charge < -0.3 is 5.11 Å². The van der Waals surface area contributed by atoms with Crippen molar-refractivity contribution in [3.8, 4) is 0 Å². The molecule has 0 fully saturated rings. The predicted octanol–water partition coefficient (Wildman–Crippen LogP) is 1.04. The lowest BCUT2D eigenvalue weighted by Crippen LogP contribution is -2.41. The first-order chi connectivity index (χ1) is 8.25. The van der Waals surface area contributed by atoms with Crippen LogP contribution in [0, 0.1) is 0 Å². The van der Waals surface area contributed by atoms with Gasteiger partial charge in [0, 0.05) is 13.0 Å². The molecule has 0 spiro atoms. The molecule has 0 saturated carbocycles. The van der Waals surface area contributed by atoms with Crippen LogP contribution in [0.1, 0.15) is 12.8 Å². The van der Waals surface area contributed by atoms with Crippen molar-refractivity contribution in [3.63, 3.8) is 0 Å². The van der Waals surface area contributed by atoms with Crippen molar-refractivity contribution in [2.75, 3.05) is 11.7 Å². The zero-order valence-electron chi connectivity index (χ0n) is 9.28. The number of anilines is 1. The fourth-order valence-corrected chi connectivity index (χ4v) is 1.49. The normalized spacial score (nSPS) is 14.4. The van der Waals surface area contributed by atoms with E-state index in [0.29, 0.717) is 13.0 Å². The van der Waals surface area contributed by atoms with E-state index in [9.17, 15) is 4.79 Å². The number of carbonyl (C=O) groups is 1. The van der Waals surface area contributed by atoms with E-state index in [1.54, 1.807) is 16.5 Å². The summed E-state index contributed by atoms with van der Waals surface area (Å²) in [6, 6.07) is 9.67. The zero-order valence-corrected chi connectivity index (χ0v) is 9.28. The molecule has 0 saturated heterocycles. The average molecular weight is 234 g/mol. The second-order valence-corrected chi connectivity index (χ2v) is 3.67. The number of nitrogens with zero attached hydrogens (tertiary/aromatic N) is 3. The first kappa shape index (κ1) is 11.4. The van der Waals surface area contributed by atoms with Gasteiger partial charge in [0.15, 0.2) is 0 Å². The summed E-state index contributed by atoms with van der Waals surface area (Å²) in [5.74, 6) is -0.777. The van der Waals surface area contributed by atoms with Gasteiger partial charge in [-0.05, 0) is 18.6 Å². The number of aliphatic carboxylic acids is 1. The molecule has 2 N–H and O–H groups in total. The van der Waals surface area contributed by atoms with Crippen molar-refractivity contribution in [2.24, 2.45) is 5.10 Å². The Morgan fingerprint density at radius 1 is 1.35 bits per heavy atom. The Labute approximate surface area is 99.1 Å². The minimum Gasteiger partial charge on any atom is -0.481 e. The summed E-state index contributed by atoms with van der Waals surface area (Å²) in [5.41, 5.74) is 3.97. The SMILES string of the molecule is O=C(O)CCCN1C=NN(c2ccccc2)N1. The van der Waals surface area contributed by atoms with E-state index in [4.69, 9.17) is 5.11 Å². The summed E-state index contributed by atoms with van der Waals surface area (Å²) in [4.78, 5) is 10.4. The number of hydrogen-bond acceptors (Lipinski definition) is 5. The second kappa shape index (κ2) is 5.31. The number of carboxylic acid groups (broad SMARTS) is 1. The van der Waals surface area contributed by atoms with Crippen LogP contribution in [0.25, 0.3) is 0 Å². The molecule has 1 heterocycles. The third-order valence-corrected chi connectivity index (χ3v) is 2.32. The van der Waals surface area contributed by atoms with Crippen LogP contribution in [-0.4, -0.2) is 29.0 Å². The molecule has 0 radical (unpaired) electrons. The average Bonchev–Trinajstić information content (AvgIpc) is 2.78. The van der Waals surface area contributed by atoms with E-state index in [0.717, 1.165) is 5.69 Å². The molecule has 90 valence electrons. The van der Waals surface area contributed by atoms with E-state index >= 15 is 0 Å². The van der Waals surface area contributed by atoms with E-state index < -0.39 is 5.97 Å². The number of hydrazine groups is 2. The molecule has 0 bridgehead atoms. The Morgan fingerprint density at radius 3 is 2.82 bits per heavy atom. The van der Waals surface area contributed by atoms with Gasteiger partial charge in [-0.3, -0.25) is 9.80 Å². The number of carboxylic acids is 1. The lowest BCUT2D eigenvalue weighted by atomic mass is 10.3. The highest BCUT2D eigenvalue weighted by atomic mass is 16.4. The largest absolute Gasteiger partial charge is 0.481 e. The first-order valence-electron chi connectivity index (χ1n) is 5.40. The Hall–Kier alpha value is -2.08.